The van der Waals surface area contributed by atoms with Crippen LogP contribution in [0.25, 0.3) is 0 Å². The highest BCUT2D eigenvalue weighted by atomic mass is 32.2. The summed E-state index contributed by atoms with van der Waals surface area (Å²) in [5.41, 5.74) is 1.76. The second-order valence-corrected chi connectivity index (χ2v) is 12.9. The summed E-state index contributed by atoms with van der Waals surface area (Å²) in [6, 6.07) is 7.38. The first-order valence-corrected chi connectivity index (χ1v) is 12.5. The Morgan fingerprint density at radius 2 is 1.81 bits per heavy atom. The Hall–Kier alpha value is -1.70. The fourth-order valence-corrected chi connectivity index (χ4v) is 5.85. The minimum Gasteiger partial charge on any atom is -0.344 e. The number of imidazole rings is 1. The summed E-state index contributed by atoms with van der Waals surface area (Å²) in [5, 5.41) is 0. The molecule has 1 fully saturated rings. The summed E-state index contributed by atoms with van der Waals surface area (Å²) in [7, 11) is -1.82. The van der Waals surface area contributed by atoms with E-state index in [4.69, 9.17) is 0 Å². The first-order chi connectivity index (χ1) is 14.3. The number of nitrogens with zero attached hydrogens (tertiary/aromatic N) is 3. The molecule has 31 heavy (non-hydrogen) atoms. The molecule has 1 aliphatic heterocycles. The number of nitrogens with one attached hydrogen (secondary N) is 1. The van der Waals surface area contributed by atoms with Crippen LogP contribution in [0.2, 0.25) is 0 Å². The van der Waals surface area contributed by atoms with Crippen LogP contribution in [0, 0.1) is 5.92 Å². The van der Waals surface area contributed by atoms with Crippen molar-refractivity contribution in [1.29, 1.82) is 0 Å². The van der Waals surface area contributed by atoms with Crippen molar-refractivity contribution in [1.82, 2.24) is 19.2 Å². The lowest BCUT2D eigenvalue weighted by Gasteiger charge is -2.26. The Bertz CT molecular complexity index is 999. The van der Waals surface area contributed by atoms with Gasteiger partial charge in [0.25, 0.3) is 0 Å². The van der Waals surface area contributed by atoms with Crippen molar-refractivity contribution in [3.05, 3.63) is 47.5 Å². The van der Waals surface area contributed by atoms with Gasteiger partial charge in [0.15, 0.2) is 0 Å². The van der Waals surface area contributed by atoms with E-state index in [1.807, 2.05) is 24.4 Å². The van der Waals surface area contributed by atoms with E-state index in [1.54, 1.807) is 17.4 Å². The van der Waals surface area contributed by atoms with E-state index in [9.17, 15) is 8.42 Å². The molecule has 7 heteroatoms. The standard InChI is InChI=1S/C24H38N4O2S/c1-23(2,3)20-10-8-9-11-21(20)31(29,30)27(7)15-18-12-13-28(16-18)17-19-14-25-22(26-19)24(4,5)6/h8-11,14,18H,12-13,15-17H2,1-7H3,(H,25,26). The summed E-state index contributed by atoms with van der Waals surface area (Å²) in [4.78, 5) is 10.8. The average Bonchev–Trinajstić information content (AvgIpc) is 3.31. The van der Waals surface area contributed by atoms with Crippen molar-refractivity contribution in [3.8, 4) is 0 Å². The molecule has 1 aromatic carbocycles. The Morgan fingerprint density at radius 1 is 1.13 bits per heavy atom. The third-order valence-electron chi connectivity index (χ3n) is 6.00. The van der Waals surface area contributed by atoms with E-state index < -0.39 is 10.0 Å². The molecule has 1 saturated heterocycles. The van der Waals surface area contributed by atoms with Crippen LogP contribution < -0.4 is 0 Å². The molecule has 172 valence electrons. The highest BCUT2D eigenvalue weighted by molar-refractivity contribution is 7.89. The Balaban J connectivity index is 1.64. The van der Waals surface area contributed by atoms with E-state index >= 15 is 0 Å². The van der Waals surface area contributed by atoms with Gasteiger partial charge in [0, 0.05) is 44.0 Å². The van der Waals surface area contributed by atoms with Crippen LogP contribution in [0.5, 0.6) is 0 Å². The zero-order chi connectivity index (χ0) is 23.0. The molecule has 0 amide bonds. The maximum atomic E-state index is 13.4. The molecule has 2 heterocycles. The largest absolute Gasteiger partial charge is 0.344 e. The number of rotatable bonds is 6. The molecule has 2 aromatic rings. The van der Waals surface area contributed by atoms with Gasteiger partial charge in [-0.3, -0.25) is 4.90 Å². The quantitative estimate of drug-likeness (QED) is 0.724. The van der Waals surface area contributed by atoms with Gasteiger partial charge in [0.2, 0.25) is 10.0 Å². The van der Waals surface area contributed by atoms with Crippen LogP contribution in [0.3, 0.4) is 0 Å². The van der Waals surface area contributed by atoms with Crippen molar-refractivity contribution in [2.75, 3.05) is 26.7 Å². The molecule has 1 N–H and O–H groups in total. The normalized spacial score (nSPS) is 18.8. The van der Waals surface area contributed by atoms with Crippen molar-refractivity contribution in [3.63, 3.8) is 0 Å². The van der Waals surface area contributed by atoms with Crippen LogP contribution in [-0.2, 0) is 27.4 Å². The lowest BCUT2D eigenvalue weighted by Crippen LogP contribution is -2.34. The maximum absolute atomic E-state index is 13.4. The number of aromatic nitrogens is 2. The van der Waals surface area contributed by atoms with Gasteiger partial charge < -0.3 is 4.98 Å². The third-order valence-corrected chi connectivity index (χ3v) is 7.88. The molecule has 1 aliphatic rings. The highest BCUT2D eigenvalue weighted by Gasteiger charge is 2.32. The number of hydrogen-bond acceptors (Lipinski definition) is 4. The molecule has 1 aromatic heterocycles. The number of hydrogen-bond donors (Lipinski definition) is 1. The average molecular weight is 447 g/mol. The fraction of sp³-hybridized carbons (Fsp3) is 0.625. The number of likely N-dealkylation sites (tertiary alicyclic amines) is 1. The smallest absolute Gasteiger partial charge is 0.243 e. The van der Waals surface area contributed by atoms with Crippen LogP contribution in [0.15, 0.2) is 35.4 Å². The van der Waals surface area contributed by atoms with E-state index in [0.717, 1.165) is 43.1 Å². The molecule has 1 atom stereocenters. The van der Waals surface area contributed by atoms with E-state index in [0.29, 0.717) is 17.4 Å². The molecule has 0 spiro atoms. The van der Waals surface area contributed by atoms with Crippen molar-refractivity contribution >= 4 is 10.0 Å². The predicted octanol–water partition coefficient (Wildman–Crippen LogP) is 4.15. The monoisotopic (exact) mass is 446 g/mol. The van der Waals surface area contributed by atoms with Gasteiger partial charge in [-0.25, -0.2) is 17.7 Å². The Kier molecular flexibility index (Phi) is 6.71. The molecule has 0 bridgehead atoms. The molecule has 3 rings (SSSR count). The maximum Gasteiger partial charge on any atom is 0.243 e. The first-order valence-electron chi connectivity index (χ1n) is 11.1. The minimum atomic E-state index is -3.53. The van der Waals surface area contributed by atoms with Gasteiger partial charge in [-0.2, -0.15) is 0 Å². The van der Waals surface area contributed by atoms with Gasteiger partial charge in [0.05, 0.1) is 4.90 Å². The van der Waals surface area contributed by atoms with Crippen LogP contribution in [0.1, 0.15) is 65.0 Å². The molecule has 1 unspecified atom stereocenters. The Labute approximate surface area is 188 Å². The van der Waals surface area contributed by atoms with Crippen molar-refractivity contribution in [2.24, 2.45) is 5.92 Å². The zero-order valence-electron chi connectivity index (χ0n) is 20.1. The summed E-state index contributed by atoms with van der Waals surface area (Å²) < 4.78 is 28.3. The lowest BCUT2D eigenvalue weighted by molar-refractivity contribution is 0.300. The van der Waals surface area contributed by atoms with Crippen molar-refractivity contribution in [2.45, 2.75) is 70.2 Å². The lowest BCUT2D eigenvalue weighted by atomic mass is 9.87. The number of sulfonamides is 1. The first kappa shape index (κ1) is 24.0. The van der Waals surface area contributed by atoms with E-state index in [1.165, 1.54) is 0 Å². The SMILES string of the molecule is CN(CC1CCN(Cc2cnc(C(C)(C)C)[nH]2)C1)S(=O)(=O)c1ccccc1C(C)(C)C. The van der Waals surface area contributed by atoms with Gasteiger partial charge >= 0.3 is 0 Å². The third kappa shape index (κ3) is 5.57. The second kappa shape index (κ2) is 8.68. The molecule has 0 saturated carbocycles. The van der Waals surface area contributed by atoms with Crippen LogP contribution in [-0.4, -0.2) is 54.3 Å². The van der Waals surface area contributed by atoms with Gasteiger partial charge in [0.1, 0.15) is 5.82 Å². The molecule has 0 aliphatic carbocycles. The molecule has 6 nitrogen and oxygen atoms in total. The highest BCUT2D eigenvalue weighted by Crippen LogP contribution is 2.31. The topological polar surface area (TPSA) is 69.3 Å². The molecule has 0 radical (unpaired) electrons. The number of H-pyrrole nitrogens is 1. The summed E-state index contributed by atoms with van der Waals surface area (Å²) in [6.45, 7) is 15.8. The van der Waals surface area contributed by atoms with E-state index in [-0.39, 0.29) is 10.8 Å². The number of benzene rings is 1. The van der Waals surface area contributed by atoms with Gasteiger partial charge in [-0.1, -0.05) is 59.7 Å². The van der Waals surface area contributed by atoms with Gasteiger partial charge in [-0.15, -0.1) is 0 Å². The second-order valence-electron chi connectivity index (χ2n) is 10.9. The van der Waals surface area contributed by atoms with Crippen LogP contribution >= 0.6 is 0 Å². The summed E-state index contributed by atoms with van der Waals surface area (Å²) in [6.07, 6.45) is 2.93. The number of aromatic amines is 1. The summed E-state index contributed by atoms with van der Waals surface area (Å²) in [5.74, 6) is 1.33. The molecular formula is C24H38N4O2S. The fourth-order valence-electron chi connectivity index (χ4n) is 4.21. The molecular weight excluding hydrogens is 408 g/mol. The van der Waals surface area contributed by atoms with Crippen LogP contribution in [0.4, 0.5) is 0 Å². The van der Waals surface area contributed by atoms with Gasteiger partial charge in [-0.05, 0) is 35.9 Å². The predicted molar refractivity (Wildman–Crippen MR) is 126 cm³/mol. The Morgan fingerprint density at radius 3 is 2.42 bits per heavy atom. The van der Waals surface area contributed by atoms with Crippen molar-refractivity contribution < 1.29 is 8.42 Å². The summed E-state index contributed by atoms with van der Waals surface area (Å²) >= 11 is 0. The minimum absolute atomic E-state index is 0.00616. The van der Waals surface area contributed by atoms with E-state index in [2.05, 4.69) is 56.4 Å². The zero-order valence-corrected chi connectivity index (χ0v) is 20.9.